The van der Waals surface area contributed by atoms with Crippen LogP contribution in [-0.4, -0.2) is 28.6 Å². The number of aliphatic hydroxyl groups is 1. The molecule has 0 aliphatic carbocycles. The third-order valence-electron chi connectivity index (χ3n) is 3.19. The molecule has 7 heteroatoms. The van der Waals surface area contributed by atoms with Crippen molar-refractivity contribution in [2.45, 2.75) is 19.6 Å². The molecule has 4 nitrogen and oxygen atoms in total. The van der Waals surface area contributed by atoms with Crippen LogP contribution in [0.1, 0.15) is 22.9 Å². The zero-order valence-electron chi connectivity index (χ0n) is 11.6. The average Bonchev–Trinajstić information content (AvgIpc) is 2.82. The summed E-state index contributed by atoms with van der Waals surface area (Å²) in [5.74, 6) is -1.55. The second-order valence-electron chi connectivity index (χ2n) is 4.59. The molecule has 0 aliphatic rings. The fourth-order valence-electron chi connectivity index (χ4n) is 2.07. The number of hydrogen-bond acceptors (Lipinski definition) is 3. The lowest BCUT2D eigenvalue weighted by atomic mass is 10.0. The summed E-state index contributed by atoms with van der Waals surface area (Å²) in [6.07, 6.45) is 0.0124. The summed E-state index contributed by atoms with van der Waals surface area (Å²) >= 11 is 3.25. The van der Waals surface area contributed by atoms with E-state index in [0.29, 0.717) is 17.6 Å². The van der Waals surface area contributed by atoms with Crippen molar-refractivity contribution in [1.82, 2.24) is 9.78 Å². The van der Waals surface area contributed by atoms with Gasteiger partial charge in [0.2, 0.25) is 0 Å². The molecule has 0 radical (unpaired) electrons. The maximum Gasteiger partial charge on any atom is 0.135 e. The van der Waals surface area contributed by atoms with E-state index in [1.807, 2.05) is 0 Å². The van der Waals surface area contributed by atoms with Crippen LogP contribution in [0.15, 0.2) is 22.8 Å². The number of methoxy groups -OCH3 is 1. The van der Waals surface area contributed by atoms with Crippen LogP contribution in [0.5, 0.6) is 0 Å². The van der Waals surface area contributed by atoms with Gasteiger partial charge >= 0.3 is 0 Å². The van der Waals surface area contributed by atoms with Crippen molar-refractivity contribution >= 4 is 15.9 Å². The normalized spacial score (nSPS) is 12.7. The summed E-state index contributed by atoms with van der Waals surface area (Å²) in [6.45, 7) is 2.25. The number of rotatable bonds is 5. The van der Waals surface area contributed by atoms with Crippen LogP contribution in [0.25, 0.3) is 0 Å². The Hall–Kier alpha value is -1.31. The zero-order valence-corrected chi connectivity index (χ0v) is 13.2. The summed E-state index contributed by atoms with van der Waals surface area (Å²) in [5.41, 5.74) is 0.176. The van der Waals surface area contributed by atoms with E-state index in [9.17, 15) is 13.9 Å². The first-order valence-corrected chi connectivity index (χ1v) is 7.09. The Morgan fingerprint density at radius 2 is 2.14 bits per heavy atom. The third-order valence-corrected chi connectivity index (χ3v) is 3.80. The molecule has 2 aromatic rings. The van der Waals surface area contributed by atoms with Crippen LogP contribution < -0.4 is 0 Å². The van der Waals surface area contributed by atoms with Crippen molar-refractivity contribution in [2.24, 2.45) is 0 Å². The zero-order chi connectivity index (χ0) is 15.6. The average molecular weight is 361 g/mol. The number of halogens is 3. The first kappa shape index (κ1) is 16.1. The van der Waals surface area contributed by atoms with E-state index < -0.39 is 17.7 Å². The van der Waals surface area contributed by atoms with E-state index in [4.69, 9.17) is 4.74 Å². The Kier molecular flexibility index (Phi) is 5.08. The third kappa shape index (κ3) is 3.14. The molecule has 0 spiro atoms. The summed E-state index contributed by atoms with van der Waals surface area (Å²) in [6, 6.07) is 2.47. The maximum absolute atomic E-state index is 14.2. The first-order valence-electron chi connectivity index (χ1n) is 6.30. The first-order chi connectivity index (χ1) is 9.97. The van der Waals surface area contributed by atoms with Gasteiger partial charge in [-0.05, 0) is 34.5 Å². The molecule has 1 unspecified atom stereocenters. The monoisotopic (exact) mass is 360 g/mol. The molecule has 0 aliphatic heterocycles. The number of nitrogens with zero attached hydrogens (tertiary/aromatic N) is 2. The fraction of sp³-hybridized carbons (Fsp3) is 0.357. The van der Waals surface area contributed by atoms with Gasteiger partial charge in [0.25, 0.3) is 0 Å². The highest BCUT2D eigenvalue weighted by atomic mass is 79.9. The molecule has 2 rings (SSSR count). The van der Waals surface area contributed by atoms with E-state index in [1.54, 1.807) is 0 Å². The topological polar surface area (TPSA) is 47.3 Å². The highest BCUT2D eigenvalue weighted by molar-refractivity contribution is 9.10. The van der Waals surface area contributed by atoms with Crippen LogP contribution in [0, 0.1) is 18.6 Å². The Morgan fingerprint density at radius 1 is 1.43 bits per heavy atom. The van der Waals surface area contributed by atoms with E-state index in [1.165, 1.54) is 31.0 Å². The second-order valence-corrected chi connectivity index (χ2v) is 5.44. The molecular weight excluding hydrogens is 346 g/mol. The van der Waals surface area contributed by atoms with Gasteiger partial charge in [0.05, 0.1) is 35.1 Å². The van der Waals surface area contributed by atoms with Gasteiger partial charge in [-0.3, -0.25) is 4.68 Å². The molecule has 0 fully saturated rings. The van der Waals surface area contributed by atoms with Gasteiger partial charge in [0.15, 0.2) is 0 Å². The van der Waals surface area contributed by atoms with Gasteiger partial charge in [-0.1, -0.05) is 6.07 Å². The van der Waals surface area contributed by atoms with Crippen molar-refractivity contribution in [3.05, 3.63) is 51.3 Å². The molecular formula is C14H15BrF2N2O2. The highest BCUT2D eigenvalue weighted by Crippen LogP contribution is 2.32. The largest absolute Gasteiger partial charge is 0.383 e. The van der Waals surface area contributed by atoms with E-state index >= 15 is 0 Å². The molecule has 0 bridgehead atoms. The molecule has 21 heavy (non-hydrogen) atoms. The lowest BCUT2D eigenvalue weighted by Crippen LogP contribution is -2.16. The predicted octanol–water partition coefficient (Wildman–Crippen LogP) is 2.96. The van der Waals surface area contributed by atoms with Crippen molar-refractivity contribution in [2.75, 3.05) is 13.7 Å². The van der Waals surface area contributed by atoms with Crippen LogP contribution in [-0.2, 0) is 11.3 Å². The number of benzene rings is 1. The number of hydrogen-bond donors (Lipinski definition) is 1. The Bertz CT molecular complexity index is 646. The maximum atomic E-state index is 14.2. The van der Waals surface area contributed by atoms with E-state index in [0.717, 1.165) is 6.07 Å². The lowest BCUT2D eigenvalue weighted by Gasteiger charge is -2.16. The standard InChI is InChI=1S/C14H15BrF2N2O2/c1-8-3-4-10(16)11(12(8)17)14(20)13-9(15)7-18-19(13)5-6-21-2/h3-4,7,14,20H,5-6H2,1-2H3. The van der Waals surface area contributed by atoms with Gasteiger partial charge in [0, 0.05) is 7.11 Å². The van der Waals surface area contributed by atoms with Crippen LogP contribution >= 0.6 is 15.9 Å². The molecule has 1 N–H and O–H groups in total. The summed E-state index contributed by atoms with van der Waals surface area (Å²) in [4.78, 5) is 0. The molecule has 114 valence electrons. The summed E-state index contributed by atoms with van der Waals surface area (Å²) in [5, 5.41) is 14.5. The van der Waals surface area contributed by atoms with Gasteiger partial charge in [-0.25, -0.2) is 8.78 Å². The van der Waals surface area contributed by atoms with E-state index in [2.05, 4.69) is 21.0 Å². The molecule has 0 amide bonds. The molecule has 1 aromatic carbocycles. The van der Waals surface area contributed by atoms with Crippen LogP contribution in [0.4, 0.5) is 8.78 Å². The minimum absolute atomic E-state index is 0.268. The van der Waals surface area contributed by atoms with Crippen molar-refractivity contribution in [3.8, 4) is 0 Å². The number of aryl methyl sites for hydroxylation is 1. The number of ether oxygens (including phenoxy) is 1. The highest BCUT2D eigenvalue weighted by Gasteiger charge is 2.26. The minimum Gasteiger partial charge on any atom is -0.383 e. The number of aromatic nitrogens is 2. The summed E-state index contributed by atoms with van der Waals surface area (Å²) in [7, 11) is 1.54. The molecule has 0 saturated carbocycles. The molecule has 1 heterocycles. The minimum atomic E-state index is -1.46. The quantitative estimate of drug-likeness (QED) is 0.891. The smallest absolute Gasteiger partial charge is 0.135 e. The van der Waals surface area contributed by atoms with E-state index in [-0.39, 0.29) is 16.8 Å². The molecule has 1 aromatic heterocycles. The van der Waals surface area contributed by atoms with Gasteiger partial charge in [-0.2, -0.15) is 5.10 Å². The van der Waals surface area contributed by atoms with Crippen LogP contribution in [0.2, 0.25) is 0 Å². The Balaban J connectivity index is 2.48. The van der Waals surface area contributed by atoms with Gasteiger partial charge < -0.3 is 9.84 Å². The van der Waals surface area contributed by atoms with Crippen molar-refractivity contribution in [1.29, 1.82) is 0 Å². The SMILES string of the molecule is COCCn1ncc(Br)c1C(O)c1c(F)ccc(C)c1F. The van der Waals surface area contributed by atoms with Crippen molar-refractivity contribution < 1.29 is 18.6 Å². The Morgan fingerprint density at radius 3 is 2.81 bits per heavy atom. The fourth-order valence-corrected chi connectivity index (χ4v) is 2.58. The number of aliphatic hydroxyl groups excluding tert-OH is 1. The van der Waals surface area contributed by atoms with Gasteiger partial charge in [-0.15, -0.1) is 0 Å². The lowest BCUT2D eigenvalue weighted by molar-refractivity contribution is 0.168. The van der Waals surface area contributed by atoms with Crippen molar-refractivity contribution in [3.63, 3.8) is 0 Å². The summed E-state index contributed by atoms with van der Waals surface area (Å²) < 4.78 is 35.0. The second kappa shape index (κ2) is 6.64. The Labute approximate surface area is 129 Å². The molecule has 0 saturated heterocycles. The predicted molar refractivity (Wildman–Crippen MR) is 77.0 cm³/mol. The van der Waals surface area contributed by atoms with Gasteiger partial charge in [0.1, 0.15) is 17.7 Å². The van der Waals surface area contributed by atoms with Crippen LogP contribution in [0.3, 0.4) is 0 Å². The molecule has 1 atom stereocenters.